The number of para-hydroxylation sites is 1. The van der Waals surface area contributed by atoms with Crippen LogP contribution in [0.25, 0.3) is 5.69 Å². The van der Waals surface area contributed by atoms with Crippen molar-refractivity contribution in [2.45, 2.75) is 6.92 Å². The summed E-state index contributed by atoms with van der Waals surface area (Å²) >= 11 is 12.1. The van der Waals surface area contributed by atoms with Crippen LogP contribution in [0.2, 0.25) is 10.0 Å². The van der Waals surface area contributed by atoms with E-state index in [0.29, 0.717) is 41.3 Å². The lowest BCUT2D eigenvalue weighted by Gasteiger charge is -2.34. The smallest absolute Gasteiger partial charge is 0.293 e. The van der Waals surface area contributed by atoms with Gasteiger partial charge >= 0.3 is 0 Å². The second-order valence-electron chi connectivity index (χ2n) is 7.28. The van der Waals surface area contributed by atoms with E-state index < -0.39 is 0 Å². The number of aromatic nitrogens is 3. The highest BCUT2D eigenvalue weighted by Gasteiger charge is 2.25. The van der Waals surface area contributed by atoms with Crippen molar-refractivity contribution < 1.29 is 9.53 Å². The number of carbonyl (C=O) groups excluding carboxylic acids is 1. The molecule has 0 radical (unpaired) electrons. The minimum atomic E-state index is -0.150. The summed E-state index contributed by atoms with van der Waals surface area (Å²) in [6.07, 6.45) is 0. The molecule has 9 heteroatoms. The molecule has 3 aromatic rings. The summed E-state index contributed by atoms with van der Waals surface area (Å²) in [5, 5.41) is 5.68. The first-order chi connectivity index (χ1) is 15.0. The van der Waals surface area contributed by atoms with Crippen LogP contribution in [0.4, 0.5) is 0 Å². The first kappa shape index (κ1) is 21.6. The fraction of sp³-hybridized carbons (Fsp3) is 0.318. The van der Waals surface area contributed by atoms with Crippen LogP contribution < -0.4 is 4.74 Å². The largest absolute Gasteiger partial charge is 0.491 e. The SMILES string of the molecule is Cc1nc(C(=O)N2CCN(CCOc3ccccc3Cl)CC2)nn1-c1ccc(Cl)cc1. The van der Waals surface area contributed by atoms with Gasteiger partial charge in [-0.15, -0.1) is 5.10 Å². The lowest BCUT2D eigenvalue weighted by atomic mass is 10.3. The molecule has 1 aliphatic rings. The van der Waals surface area contributed by atoms with Crippen LogP contribution in [0, 0.1) is 6.92 Å². The Labute approximate surface area is 191 Å². The zero-order chi connectivity index (χ0) is 21.8. The van der Waals surface area contributed by atoms with Crippen molar-refractivity contribution in [2.75, 3.05) is 39.3 Å². The number of amides is 1. The van der Waals surface area contributed by atoms with Crippen molar-refractivity contribution in [3.63, 3.8) is 0 Å². The van der Waals surface area contributed by atoms with Gasteiger partial charge < -0.3 is 9.64 Å². The number of benzene rings is 2. The molecule has 1 aliphatic heterocycles. The van der Waals surface area contributed by atoms with E-state index in [9.17, 15) is 4.79 Å². The minimum absolute atomic E-state index is 0.150. The molecule has 0 aliphatic carbocycles. The quantitative estimate of drug-likeness (QED) is 0.561. The number of hydrogen-bond donors (Lipinski definition) is 0. The number of nitrogens with zero attached hydrogens (tertiary/aromatic N) is 5. The fourth-order valence-electron chi connectivity index (χ4n) is 3.47. The van der Waals surface area contributed by atoms with E-state index in [1.54, 1.807) is 21.7 Å². The third-order valence-corrected chi connectivity index (χ3v) is 5.76. The topological polar surface area (TPSA) is 63.5 Å². The Balaban J connectivity index is 1.30. The number of piperazine rings is 1. The molecule has 1 amide bonds. The number of ether oxygens (including phenoxy) is 1. The molecule has 2 aromatic carbocycles. The molecule has 1 saturated heterocycles. The molecule has 0 saturated carbocycles. The lowest BCUT2D eigenvalue weighted by molar-refractivity contribution is 0.0608. The predicted molar refractivity (Wildman–Crippen MR) is 120 cm³/mol. The Kier molecular flexibility index (Phi) is 6.75. The van der Waals surface area contributed by atoms with E-state index in [2.05, 4.69) is 15.0 Å². The summed E-state index contributed by atoms with van der Waals surface area (Å²) < 4.78 is 7.42. The van der Waals surface area contributed by atoms with E-state index in [0.717, 1.165) is 25.3 Å². The Morgan fingerprint density at radius 2 is 1.74 bits per heavy atom. The zero-order valence-electron chi connectivity index (χ0n) is 17.2. The molecule has 4 rings (SSSR count). The highest BCUT2D eigenvalue weighted by molar-refractivity contribution is 6.32. The first-order valence-corrected chi connectivity index (χ1v) is 10.9. The van der Waals surface area contributed by atoms with Crippen molar-refractivity contribution in [3.05, 3.63) is 70.2 Å². The van der Waals surface area contributed by atoms with Gasteiger partial charge in [0.15, 0.2) is 0 Å². The average Bonchev–Trinajstić information content (AvgIpc) is 3.17. The number of aryl methyl sites for hydroxylation is 1. The van der Waals surface area contributed by atoms with Crippen LogP contribution in [0.15, 0.2) is 48.5 Å². The van der Waals surface area contributed by atoms with Gasteiger partial charge in [0.25, 0.3) is 5.91 Å². The van der Waals surface area contributed by atoms with E-state index in [1.807, 2.05) is 43.3 Å². The van der Waals surface area contributed by atoms with Crippen LogP contribution in [0.5, 0.6) is 5.75 Å². The Morgan fingerprint density at radius 3 is 2.45 bits per heavy atom. The van der Waals surface area contributed by atoms with Crippen LogP contribution in [-0.2, 0) is 0 Å². The number of rotatable bonds is 6. The Bertz CT molecular complexity index is 1050. The summed E-state index contributed by atoms with van der Waals surface area (Å²) in [5.74, 6) is 1.41. The fourth-order valence-corrected chi connectivity index (χ4v) is 3.79. The van der Waals surface area contributed by atoms with Gasteiger partial charge in [-0.05, 0) is 43.3 Å². The van der Waals surface area contributed by atoms with Crippen LogP contribution >= 0.6 is 23.2 Å². The maximum absolute atomic E-state index is 12.9. The average molecular weight is 460 g/mol. The molecule has 162 valence electrons. The summed E-state index contributed by atoms with van der Waals surface area (Å²) in [6, 6.07) is 14.7. The van der Waals surface area contributed by atoms with Gasteiger partial charge in [-0.25, -0.2) is 9.67 Å². The van der Waals surface area contributed by atoms with Gasteiger partial charge in [0.1, 0.15) is 18.2 Å². The zero-order valence-corrected chi connectivity index (χ0v) is 18.7. The summed E-state index contributed by atoms with van der Waals surface area (Å²) in [5.41, 5.74) is 0.816. The third-order valence-electron chi connectivity index (χ3n) is 5.19. The molecular weight excluding hydrogens is 437 g/mol. The summed E-state index contributed by atoms with van der Waals surface area (Å²) in [4.78, 5) is 21.3. The number of halogens is 2. The number of hydrogen-bond acceptors (Lipinski definition) is 5. The molecule has 0 unspecified atom stereocenters. The summed E-state index contributed by atoms with van der Waals surface area (Å²) in [6.45, 7) is 5.94. The van der Waals surface area contributed by atoms with Gasteiger partial charge in [0.2, 0.25) is 5.82 Å². The van der Waals surface area contributed by atoms with Crippen LogP contribution in [0.1, 0.15) is 16.4 Å². The van der Waals surface area contributed by atoms with Gasteiger partial charge in [-0.3, -0.25) is 9.69 Å². The molecule has 31 heavy (non-hydrogen) atoms. The van der Waals surface area contributed by atoms with E-state index in [-0.39, 0.29) is 11.7 Å². The standard InChI is InChI=1S/C22H23Cl2N5O2/c1-16-25-21(26-29(16)18-8-6-17(23)7-9-18)22(30)28-12-10-27(11-13-28)14-15-31-20-5-3-2-4-19(20)24/h2-9H,10-15H2,1H3. The Hall–Kier alpha value is -2.61. The molecule has 0 spiro atoms. The van der Waals surface area contributed by atoms with Crippen LogP contribution in [0.3, 0.4) is 0 Å². The van der Waals surface area contributed by atoms with Crippen molar-refractivity contribution >= 4 is 29.1 Å². The molecule has 0 N–H and O–H groups in total. The van der Waals surface area contributed by atoms with Crippen molar-refractivity contribution in [3.8, 4) is 11.4 Å². The predicted octanol–water partition coefficient (Wildman–Crippen LogP) is 3.72. The molecular formula is C22H23Cl2N5O2. The number of carbonyl (C=O) groups is 1. The normalized spacial score (nSPS) is 14.6. The highest BCUT2D eigenvalue weighted by Crippen LogP contribution is 2.23. The third kappa shape index (κ3) is 5.18. The first-order valence-electron chi connectivity index (χ1n) is 10.1. The second-order valence-corrected chi connectivity index (χ2v) is 8.13. The van der Waals surface area contributed by atoms with Crippen molar-refractivity contribution in [1.29, 1.82) is 0 Å². The monoisotopic (exact) mass is 459 g/mol. The lowest BCUT2D eigenvalue weighted by Crippen LogP contribution is -2.49. The molecule has 7 nitrogen and oxygen atoms in total. The summed E-state index contributed by atoms with van der Waals surface area (Å²) in [7, 11) is 0. The van der Waals surface area contributed by atoms with E-state index in [1.165, 1.54) is 0 Å². The van der Waals surface area contributed by atoms with Gasteiger partial charge in [0.05, 0.1) is 10.7 Å². The van der Waals surface area contributed by atoms with E-state index >= 15 is 0 Å². The molecule has 2 heterocycles. The van der Waals surface area contributed by atoms with Crippen molar-refractivity contribution in [1.82, 2.24) is 24.6 Å². The van der Waals surface area contributed by atoms with Gasteiger partial charge in [-0.2, -0.15) is 0 Å². The molecule has 0 atom stereocenters. The molecule has 0 bridgehead atoms. The molecule has 1 aromatic heterocycles. The van der Waals surface area contributed by atoms with Gasteiger partial charge in [-0.1, -0.05) is 35.3 Å². The van der Waals surface area contributed by atoms with Crippen LogP contribution in [-0.4, -0.2) is 69.8 Å². The van der Waals surface area contributed by atoms with Crippen molar-refractivity contribution in [2.24, 2.45) is 0 Å². The minimum Gasteiger partial charge on any atom is -0.491 e. The Morgan fingerprint density at radius 1 is 1.03 bits per heavy atom. The maximum atomic E-state index is 12.9. The van der Waals surface area contributed by atoms with Gasteiger partial charge in [0, 0.05) is 37.7 Å². The highest BCUT2D eigenvalue weighted by atomic mass is 35.5. The maximum Gasteiger partial charge on any atom is 0.293 e. The second kappa shape index (κ2) is 9.68. The molecule has 1 fully saturated rings. The van der Waals surface area contributed by atoms with E-state index in [4.69, 9.17) is 27.9 Å².